The van der Waals surface area contributed by atoms with Crippen molar-refractivity contribution in [3.8, 4) is 45.2 Å². The van der Waals surface area contributed by atoms with Crippen molar-refractivity contribution < 1.29 is 0 Å². The highest BCUT2D eigenvalue weighted by atomic mass is 15.1. The average Bonchev–Trinajstić information content (AvgIpc) is 3.27. The van der Waals surface area contributed by atoms with Gasteiger partial charge < -0.3 is 4.90 Å². The predicted octanol–water partition coefficient (Wildman–Crippen LogP) is 13.5. The summed E-state index contributed by atoms with van der Waals surface area (Å²) >= 11 is 0. The van der Waals surface area contributed by atoms with Gasteiger partial charge in [0.05, 0.1) is 28.3 Å². The summed E-state index contributed by atoms with van der Waals surface area (Å²) in [7, 11) is 0. The van der Waals surface area contributed by atoms with Gasteiger partial charge in [0.15, 0.2) is 5.82 Å². The fraction of sp³-hybridized carbons (Fsp3) is 0. The van der Waals surface area contributed by atoms with Crippen molar-refractivity contribution in [1.29, 1.82) is 0 Å². The van der Waals surface area contributed by atoms with E-state index in [0.29, 0.717) is 5.82 Å². The van der Waals surface area contributed by atoms with Gasteiger partial charge in [-0.05, 0) is 47.9 Å². The number of anilines is 3. The summed E-state index contributed by atoms with van der Waals surface area (Å²) in [6, 6.07) is 72.0. The number of pyridine rings is 1. The second-order valence-corrected chi connectivity index (χ2v) is 13.6. The fourth-order valence-electron chi connectivity index (χ4n) is 7.74. The quantitative estimate of drug-likeness (QED) is 0.155. The van der Waals surface area contributed by atoms with E-state index in [2.05, 4.69) is 175 Å². The third-order valence-corrected chi connectivity index (χ3v) is 10.2. The minimum Gasteiger partial charge on any atom is -0.310 e. The van der Waals surface area contributed by atoms with Gasteiger partial charge >= 0.3 is 0 Å². The van der Waals surface area contributed by atoms with E-state index < -0.39 is 0 Å². The van der Waals surface area contributed by atoms with Gasteiger partial charge in [-0.15, -0.1) is 0 Å². The molecule has 2 aromatic heterocycles. The number of hydrogen-bond donors (Lipinski definition) is 0. The van der Waals surface area contributed by atoms with Crippen LogP contribution in [0, 0.1) is 0 Å². The summed E-state index contributed by atoms with van der Waals surface area (Å²) in [5.41, 5.74) is 10.8. The highest BCUT2D eigenvalue weighted by molar-refractivity contribution is 6.26. The van der Waals surface area contributed by atoms with Crippen LogP contribution in [0.25, 0.3) is 77.6 Å². The van der Waals surface area contributed by atoms with Crippen LogP contribution < -0.4 is 4.90 Å². The number of fused-ring (bicyclic) bond motifs is 5. The van der Waals surface area contributed by atoms with Gasteiger partial charge in [0.25, 0.3) is 0 Å². The van der Waals surface area contributed by atoms with Crippen molar-refractivity contribution in [3.05, 3.63) is 206 Å². The van der Waals surface area contributed by atoms with Crippen LogP contribution in [0.3, 0.4) is 0 Å². The molecule has 10 aromatic rings. The van der Waals surface area contributed by atoms with Gasteiger partial charge in [-0.25, -0.2) is 15.0 Å². The summed E-state index contributed by atoms with van der Waals surface area (Å²) in [6.45, 7) is 0. The summed E-state index contributed by atoms with van der Waals surface area (Å²) in [6.07, 6.45) is 0. The summed E-state index contributed by atoms with van der Waals surface area (Å²) in [5, 5.41) is 5.68. The fourth-order valence-corrected chi connectivity index (χ4v) is 7.74. The summed E-state index contributed by atoms with van der Waals surface area (Å²) in [5.74, 6) is 0.681. The first-order valence-corrected chi connectivity index (χ1v) is 18.5. The molecule has 0 aliphatic carbocycles. The molecule has 8 aromatic carbocycles. The molecule has 0 spiro atoms. The van der Waals surface area contributed by atoms with E-state index in [1.807, 2.05) is 36.4 Å². The minimum absolute atomic E-state index is 0.681. The van der Waals surface area contributed by atoms with Gasteiger partial charge in [0.2, 0.25) is 0 Å². The molecular weight excluding hydrogens is 669 g/mol. The lowest BCUT2D eigenvalue weighted by atomic mass is 9.91. The van der Waals surface area contributed by atoms with Crippen molar-refractivity contribution in [2.24, 2.45) is 0 Å². The Hall–Kier alpha value is -7.43. The number of rotatable bonds is 7. The molecular formula is C51H34N4. The molecule has 0 N–H and O–H groups in total. The molecule has 0 saturated heterocycles. The molecule has 0 atom stereocenters. The summed E-state index contributed by atoms with van der Waals surface area (Å²) < 4.78 is 0. The zero-order chi connectivity index (χ0) is 36.6. The maximum absolute atomic E-state index is 5.46. The Morgan fingerprint density at radius 3 is 1.65 bits per heavy atom. The zero-order valence-corrected chi connectivity index (χ0v) is 29.9. The molecule has 0 unspecified atom stereocenters. The third-order valence-electron chi connectivity index (χ3n) is 10.2. The Balaban J connectivity index is 1.27. The molecule has 55 heavy (non-hydrogen) atoms. The lowest BCUT2D eigenvalue weighted by molar-refractivity contribution is 1.18. The van der Waals surface area contributed by atoms with Gasteiger partial charge in [-0.1, -0.05) is 164 Å². The van der Waals surface area contributed by atoms with Crippen LogP contribution in [-0.4, -0.2) is 15.0 Å². The van der Waals surface area contributed by atoms with Crippen LogP contribution in [0.1, 0.15) is 0 Å². The second kappa shape index (κ2) is 13.8. The molecule has 0 fully saturated rings. The first-order chi connectivity index (χ1) is 27.3. The smallest absolute Gasteiger partial charge is 0.160 e. The SMILES string of the molecule is c1ccc(-c2cc(-c3ccccc3-c3nc4ccccc4c4c3ccc3cccc(N(c5ccccc5)c5ccccc5)c34)nc(-c3ccccc3)n2)cc1. The van der Waals surface area contributed by atoms with Crippen LogP contribution in [0.2, 0.25) is 0 Å². The maximum Gasteiger partial charge on any atom is 0.160 e. The van der Waals surface area contributed by atoms with Crippen molar-refractivity contribution in [2.75, 3.05) is 4.90 Å². The van der Waals surface area contributed by atoms with E-state index in [1.54, 1.807) is 0 Å². The van der Waals surface area contributed by atoms with Crippen LogP contribution in [0.15, 0.2) is 206 Å². The lowest BCUT2D eigenvalue weighted by Gasteiger charge is -2.27. The highest BCUT2D eigenvalue weighted by Gasteiger charge is 2.22. The van der Waals surface area contributed by atoms with Gasteiger partial charge in [0, 0.05) is 55.2 Å². The van der Waals surface area contributed by atoms with E-state index in [0.717, 1.165) is 83.5 Å². The van der Waals surface area contributed by atoms with Crippen LogP contribution in [0.4, 0.5) is 17.1 Å². The Bertz CT molecular complexity index is 2870. The van der Waals surface area contributed by atoms with E-state index >= 15 is 0 Å². The molecule has 0 bridgehead atoms. The normalized spacial score (nSPS) is 11.3. The average molecular weight is 703 g/mol. The summed E-state index contributed by atoms with van der Waals surface area (Å²) in [4.78, 5) is 18.1. The Morgan fingerprint density at radius 2 is 0.945 bits per heavy atom. The topological polar surface area (TPSA) is 41.9 Å². The molecule has 4 heteroatoms. The molecule has 2 heterocycles. The van der Waals surface area contributed by atoms with Crippen molar-refractivity contribution >= 4 is 49.5 Å². The standard InChI is InChI=1S/C51H34N4/c1-5-18-35(19-6-1)45-34-46(54-51(53-45)37-20-7-2-8-21-37)40-27-13-14-28-41(40)50-43-33-32-36-22-17-31-47(48(36)49(43)42-29-15-16-30-44(42)52-50)55(38-23-9-3-10-24-38)39-25-11-4-12-26-39/h1-34H. The largest absolute Gasteiger partial charge is 0.310 e. The first kappa shape index (κ1) is 32.2. The molecule has 0 amide bonds. The van der Waals surface area contributed by atoms with Gasteiger partial charge in [0.1, 0.15) is 0 Å². The number of hydrogen-bond acceptors (Lipinski definition) is 4. The molecule has 0 aliphatic heterocycles. The Labute approximate surface area is 319 Å². The number of aromatic nitrogens is 3. The molecule has 258 valence electrons. The number of para-hydroxylation sites is 3. The molecule has 0 aliphatic rings. The molecule has 0 radical (unpaired) electrons. The van der Waals surface area contributed by atoms with Crippen molar-refractivity contribution in [2.45, 2.75) is 0 Å². The van der Waals surface area contributed by atoms with Crippen LogP contribution in [-0.2, 0) is 0 Å². The first-order valence-electron chi connectivity index (χ1n) is 18.5. The zero-order valence-electron chi connectivity index (χ0n) is 29.9. The van der Waals surface area contributed by atoms with Gasteiger partial charge in [-0.3, -0.25) is 0 Å². The monoisotopic (exact) mass is 702 g/mol. The van der Waals surface area contributed by atoms with E-state index in [9.17, 15) is 0 Å². The van der Waals surface area contributed by atoms with Crippen LogP contribution >= 0.6 is 0 Å². The van der Waals surface area contributed by atoms with Gasteiger partial charge in [-0.2, -0.15) is 0 Å². The Morgan fingerprint density at radius 1 is 0.364 bits per heavy atom. The molecule has 10 rings (SSSR count). The molecule has 0 saturated carbocycles. The van der Waals surface area contributed by atoms with E-state index in [4.69, 9.17) is 15.0 Å². The highest BCUT2D eigenvalue weighted by Crippen LogP contribution is 2.46. The molecule has 4 nitrogen and oxygen atoms in total. The predicted molar refractivity (Wildman–Crippen MR) is 229 cm³/mol. The van der Waals surface area contributed by atoms with Crippen LogP contribution in [0.5, 0.6) is 0 Å². The van der Waals surface area contributed by atoms with Crippen molar-refractivity contribution in [1.82, 2.24) is 15.0 Å². The lowest BCUT2D eigenvalue weighted by Crippen LogP contribution is -2.10. The number of benzene rings is 8. The van der Waals surface area contributed by atoms with Crippen molar-refractivity contribution in [3.63, 3.8) is 0 Å². The van der Waals surface area contributed by atoms with E-state index in [-0.39, 0.29) is 0 Å². The Kier molecular flexibility index (Phi) is 8.12. The third kappa shape index (κ3) is 5.87. The number of nitrogens with zero attached hydrogens (tertiary/aromatic N) is 4. The second-order valence-electron chi connectivity index (χ2n) is 13.6. The maximum atomic E-state index is 5.46. The minimum atomic E-state index is 0.681. The van der Waals surface area contributed by atoms with E-state index in [1.165, 1.54) is 5.39 Å².